The Hall–Kier alpha value is -0.770. The fraction of sp³-hybridized carbons (Fsp3) is 0.857. The average Bonchev–Trinajstić information content (AvgIpc) is 2.36. The number of rotatable bonds is 1. The summed E-state index contributed by atoms with van der Waals surface area (Å²) in [5.41, 5.74) is 5.51. The van der Waals surface area contributed by atoms with E-state index in [1.807, 2.05) is 0 Å². The number of hydrogen-bond donors (Lipinski definition) is 2. The minimum Gasteiger partial charge on any atom is -0.379 e. The monoisotopic (exact) mass is 157 g/mol. The molecule has 0 aromatic carbocycles. The van der Waals surface area contributed by atoms with Crippen LogP contribution in [-0.4, -0.2) is 31.8 Å². The lowest BCUT2D eigenvalue weighted by atomic mass is 10.0. The van der Waals surface area contributed by atoms with Crippen molar-refractivity contribution in [2.75, 3.05) is 20.3 Å². The lowest BCUT2D eigenvalue weighted by molar-refractivity contribution is 0.177. The van der Waals surface area contributed by atoms with E-state index in [1.165, 1.54) is 0 Å². The molecule has 64 valence electrons. The zero-order chi connectivity index (χ0) is 8.32. The number of nitrogens with one attached hydrogen (secondary N) is 1. The molecule has 4 nitrogen and oxygen atoms in total. The van der Waals surface area contributed by atoms with Crippen molar-refractivity contribution in [2.24, 2.45) is 10.7 Å². The fourth-order valence-electron chi connectivity index (χ4n) is 1.13. The van der Waals surface area contributed by atoms with E-state index < -0.39 is 0 Å². The van der Waals surface area contributed by atoms with Crippen LogP contribution in [0.3, 0.4) is 0 Å². The molecule has 0 aliphatic carbocycles. The van der Waals surface area contributed by atoms with Gasteiger partial charge in [0, 0.05) is 13.7 Å². The van der Waals surface area contributed by atoms with E-state index in [4.69, 9.17) is 10.5 Å². The van der Waals surface area contributed by atoms with E-state index in [-0.39, 0.29) is 5.54 Å². The van der Waals surface area contributed by atoms with Crippen molar-refractivity contribution in [2.45, 2.75) is 18.9 Å². The summed E-state index contributed by atoms with van der Waals surface area (Å²) in [6, 6.07) is 0. The number of hydrogen-bond acceptors (Lipinski definition) is 2. The zero-order valence-electron chi connectivity index (χ0n) is 7.05. The number of nitrogens with two attached hydrogens (primary N) is 1. The third-order valence-electron chi connectivity index (χ3n) is 1.89. The smallest absolute Gasteiger partial charge is 0.188 e. The topological polar surface area (TPSA) is 59.6 Å². The van der Waals surface area contributed by atoms with E-state index in [9.17, 15) is 0 Å². The predicted molar refractivity (Wildman–Crippen MR) is 44.5 cm³/mol. The standard InChI is InChI=1S/C7H15N3O/c1-7(3-4-11-5-7)10-6(8)9-2/h3-5H2,1-2H3,(H3,8,9,10). The maximum atomic E-state index is 5.52. The lowest BCUT2D eigenvalue weighted by Gasteiger charge is -2.23. The molecule has 0 saturated carbocycles. The maximum absolute atomic E-state index is 5.52. The molecule has 1 aliphatic heterocycles. The van der Waals surface area contributed by atoms with Gasteiger partial charge in [0.2, 0.25) is 0 Å². The maximum Gasteiger partial charge on any atom is 0.188 e. The Balaban J connectivity index is 2.46. The Labute approximate surface area is 66.8 Å². The molecule has 1 saturated heterocycles. The van der Waals surface area contributed by atoms with Gasteiger partial charge < -0.3 is 15.8 Å². The molecule has 1 heterocycles. The minimum absolute atomic E-state index is 0.0103. The first-order chi connectivity index (χ1) is 5.16. The molecule has 3 N–H and O–H groups in total. The van der Waals surface area contributed by atoms with Crippen LogP contribution in [0, 0.1) is 0 Å². The Kier molecular flexibility index (Phi) is 2.34. The first-order valence-electron chi connectivity index (χ1n) is 3.74. The van der Waals surface area contributed by atoms with Crippen molar-refractivity contribution in [3.8, 4) is 0 Å². The van der Waals surface area contributed by atoms with Gasteiger partial charge in [-0.3, -0.25) is 4.99 Å². The van der Waals surface area contributed by atoms with Crippen molar-refractivity contribution in [3.05, 3.63) is 0 Å². The molecule has 0 aromatic heterocycles. The molecule has 0 amide bonds. The summed E-state index contributed by atoms with van der Waals surface area (Å²) in [5, 5.41) is 3.11. The third kappa shape index (κ3) is 2.08. The molecule has 1 rings (SSSR count). The quantitative estimate of drug-likeness (QED) is 0.406. The zero-order valence-corrected chi connectivity index (χ0v) is 7.05. The van der Waals surface area contributed by atoms with Gasteiger partial charge in [-0.1, -0.05) is 0 Å². The first-order valence-corrected chi connectivity index (χ1v) is 3.74. The van der Waals surface area contributed by atoms with Gasteiger partial charge in [-0.05, 0) is 13.3 Å². The van der Waals surface area contributed by atoms with Crippen LogP contribution < -0.4 is 11.1 Å². The summed E-state index contributed by atoms with van der Waals surface area (Å²) in [6.07, 6.45) is 0.989. The minimum atomic E-state index is -0.0103. The van der Waals surface area contributed by atoms with Crippen LogP contribution in [-0.2, 0) is 4.74 Å². The van der Waals surface area contributed by atoms with Gasteiger partial charge in [0.1, 0.15) is 0 Å². The highest BCUT2D eigenvalue weighted by atomic mass is 16.5. The number of nitrogens with zero attached hydrogens (tertiary/aromatic N) is 1. The molecular weight excluding hydrogens is 142 g/mol. The Morgan fingerprint density at radius 2 is 2.45 bits per heavy atom. The number of aliphatic imine (C=N–C) groups is 1. The van der Waals surface area contributed by atoms with Gasteiger partial charge in [0.05, 0.1) is 12.1 Å². The molecule has 1 aliphatic rings. The molecule has 1 atom stereocenters. The normalized spacial score (nSPS) is 32.4. The van der Waals surface area contributed by atoms with Crippen LogP contribution in [0.5, 0.6) is 0 Å². The van der Waals surface area contributed by atoms with Gasteiger partial charge in [0.15, 0.2) is 5.96 Å². The highest BCUT2D eigenvalue weighted by molar-refractivity contribution is 5.78. The van der Waals surface area contributed by atoms with Crippen LogP contribution in [0.4, 0.5) is 0 Å². The second-order valence-electron chi connectivity index (χ2n) is 3.10. The van der Waals surface area contributed by atoms with Crippen LogP contribution in [0.15, 0.2) is 4.99 Å². The van der Waals surface area contributed by atoms with Gasteiger partial charge in [0.25, 0.3) is 0 Å². The SMILES string of the molecule is CN=C(N)NC1(C)CCOC1. The van der Waals surface area contributed by atoms with E-state index in [2.05, 4.69) is 17.2 Å². The van der Waals surface area contributed by atoms with Crippen molar-refractivity contribution < 1.29 is 4.74 Å². The van der Waals surface area contributed by atoms with Crippen molar-refractivity contribution >= 4 is 5.96 Å². The lowest BCUT2D eigenvalue weighted by Crippen LogP contribution is -2.49. The first kappa shape index (κ1) is 8.33. The number of ether oxygens (including phenoxy) is 1. The molecule has 0 bridgehead atoms. The Morgan fingerprint density at radius 1 is 1.73 bits per heavy atom. The van der Waals surface area contributed by atoms with Crippen LogP contribution in [0.1, 0.15) is 13.3 Å². The summed E-state index contributed by atoms with van der Waals surface area (Å²) >= 11 is 0. The van der Waals surface area contributed by atoms with Crippen molar-refractivity contribution in [1.82, 2.24) is 5.32 Å². The Morgan fingerprint density at radius 3 is 2.91 bits per heavy atom. The molecule has 0 aromatic rings. The highest BCUT2D eigenvalue weighted by Crippen LogP contribution is 2.16. The van der Waals surface area contributed by atoms with Crippen LogP contribution >= 0.6 is 0 Å². The van der Waals surface area contributed by atoms with Gasteiger partial charge >= 0.3 is 0 Å². The molecule has 1 fully saturated rings. The summed E-state index contributed by atoms with van der Waals surface area (Å²) < 4.78 is 5.23. The van der Waals surface area contributed by atoms with Gasteiger partial charge in [-0.15, -0.1) is 0 Å². The molecule has 0 spiro atoms. The van der Waals surface area contributed by atoms with Crippen molar-refractivity contribution in [1.29, 1.82) is 0 Å². The summed E-state index contributed by atoms with van der Waals surface area (Å²) in [6.45, 7) is 3.60. The summed E-state index contributed by atoms with van der Waals surface area (Å²) in [5.74, 6) is 0.484. The van der Waals surface area contributed by atoms with Crippen molar-refractivity contribution in [3.63, 3.8) is 0 Å². The highest BCUT2D eigenvalue weighted by Gasteiger charge is 2.29. The average molecular weight is 157 g/mol. The molecule has 0 radical (unpaired) electrons. The third-order valence-corrected chi connectivity index (χ3v) is 1.89. The van der Waals surface area contributed by atoms with E-state index in [1.54, 1.807) is 7.05 Å². The van der Waals surface area contributed by atoms with E-state index in [0.717, 1.165) is 13.0 Å². The second-order valence-corrected chi connectivity index (χ2v) is 3.10. The van der Waals surface area contributed by atoms with Crippen LogP contribution in [0.25, 0.3) is 0 Å². The molecule has 11 heavy (non-hydrogen) atoms. The van der Waals surface area contributed by atoms with Gasteiger partial charge in [-0.25, -0.2) is 0 Å². The van der Waals surface area contributed by atoms with E-state index >= 15 is 0 Å². The molecular formula is C7H15N3O. The largest absolute Gasteiger partial charge is 0.379 e. The van der Waals surface area contributed by atoms with Crippen LogP contribution in [0.2, 0.25) is 0 Å². The molecule has 1 unspecified atom stereocenters. The van der Waals surface area contributed by atoms with Gasteiger partial charge in [-0.2, -0.15) is 0 Å². The second kappa shape index (κ2) is 3.09. The molecule has 4 heteroatoms. The summed E-state index contributed by atoms with van der Waals surface area (Å²) in [7, 11) is 1.67. The predicted octanol–water partition coefficient (Wildman–Crippen LogP) is -0.300. The number of guanidine groups is 1. The fourth-order valence-corrected chi connectivity index (χ4v) is 1.13. The van der Waals surface area contributed by atoms with E-state index in [0.29, 0.717) is 12.6 Å². The summed E-state index contributed by atoms with van der Waals surface area (Å²) in [4.78, 5) is 3.82. The Bertz CT molecular complexity index is 161.